The second kappa shape index (κ2) is 8.17. The molecule has 1 aromatic rings. The van der Waals surface area contributed by atoms with E-state index in [9.17, 15) is 4.79 Å². The molecule has 1 saturated carbocycles. The molecule has 3 fully saturated rings. The van der Waals surface area contributed by atoms with Crippen molar-refractivity contribution in [3.63, 3.8) is 0 Å². The van der Waals surface area contributed by atoms with Crippen molar-refractivity contribution in [2.45, 2.75) is 70.9 Å². The second-order valence-electron chi connectivity index (χ2n) is 9.04. The number of urea groups is 1. The molecule has 3 aliphatic rings. The fourth-order valence-corrected chi connectivity index (χ4v) is 5.32. The lowest BCUT2D eigenvalue weighted by atomic mass is 9.79. The number of rotatable bonds is 3. The average molecular weight is 371 g/mol. The van der Waals surface area contributed by atoms with Gasteiger partial charge in [0.25, 0.3) is 0 Å². The maximum absolute atomic E-state index is 12.7. The summed E-state index contributed by atoms with van der Waals surface area (Å²) < 4.78 is 0. The number of nitrogens with one attached hydrogen (secondary N) is 1. The number of likely N-dealkylation sites (tertiary alicyclic amines) is 2. The highest BCUT2D eigenvalue weighted by Gasteiger charge is 2.43. The van der Waals surface area contributed by atoms with E-state index in [4.69, 9.17) is 0 Å². The Bertz CT molecular complexity index is 657. The summed E-state index contributed by atoms with van der Waals surface area (Å²) >= 11 is 0. The van der Waals surface area contributed by atoms with Gasteiger partial charge in [-0.05, 0) is 57.7 Å². The van der Waals surface area contributed by atoms with Crippen molar-refractivity contribution < 1.29 is 4.79 Å². The van der Waals surface area contributed by atoms with Crippen molar-refractivity contribution in [2.24, 2.45) is 5.41 Å². The lowest BCUT2D eigenvalue weighted by Crippen LogP contribution is -2.48. The summed E-state index contributed by atoms with van der Waals surface area (Å²) in [6.45, 7) is 7.05. The molecule has 4 rings (SSSR count). The first kappa shape index (κ1) is 18.7. The van der Waals surface area contributed by atoms with Crippen LogP contribution in [-0.4, -0.2) is 53.0 Å². The zero-order valence-electron chi connectivity index (χ0n) is 16.8. The van der Waals surface area contributed by atoms with Crippen LogP contribution in [0.5, 0.6) is 0 Å². The van der Waals surface area contributed by atoms with Crippen LogP contribution in [0, 0.1) is 12.3 Å². The maximum Gasteiger partial charge on any atom is 0.317 e. The fourth-order valence-electron chi connectivity index (χ4n) is 5.32. The van der Waals surface area contributed by atoms with Gasteiger partial charge in [0.2, 0.25) is 0 Å². The van der Waals surface area contributed by atoms with Crippen LogP contribution < -0.4 is 5.32 Å². The molecule has 1 atom stereocenters. The Morgan fingerprint density at radius 1 is 1.15 bits per heavy atom. The Balaban J connectivity index is 1.32. The van der Waals surface area contributed by atoms with Crippen molar-refractivity contribution in [2.75, 3.05) is 26.2 Å². The van der Waals surface area contributed by atoms with Crippen LogP contribution in [0.1, 0.15) is 62.8 Å². The van der Waals surface area contributed by atoms with Crippen LogP contribution in [0.3, 0.4) is 0 Å². The third-order valence-electron chi connectivity index (χ3n) is 6.73. The molecule has 0 bridgehead atoms. The molecule has 2 amide bonds. The number of aromatic nitrogens is 1. The highest BCUT2D eigenvalue weighted by molar-refractivity contribution is 5.75. The predicted octanol–water partition coefficient (Wildman–Crippen LogP) is 3.72. The summed E-state index contributed by atoms with van der Waals surface area (Å²) in [5, 5.41) is 3.30. The first-order chi connectivity index (χ1) is 13.1. The van der Waals surface area contributed by atoms with Gasteiger partial charge < -0.3 is 10.2 Å². The normalized spacial score (nSPS) is 27.2. The number of carbonyl (C=O) groups excluding carboxylic acids is 1. The monoisotopic (exact) mass is 370 g/mol. The number of amides is 2. The minimum absolute atomic E-state index is 0.177. The first-order valence-corrected chi connectivity index (χ1v) is 10.8. The molecule has 0 aromatic carbocycles. The van der Waals surface area contributed by atoms with Crippen molar-refractivity contribution >= 4 is 6.03 Å². The Morgan fingerprint density at radius 3 is 2.81 bits per heavy atom. The molecule has 1 aromatic heterocycles. The van der Waals surface area contributed by atoms with Gasteiger partial charge in [-0.25, -0.2) is 4.79 Å². The zero-order valence-corrected chi connectivity index (χ0v) is 16.8. The van der Waals surface area contributed by atoms with Gasteiger partial charge in [0.15, 0.2) is 0 Å². The molecule has 3 heterocycles. The van der Waals surface area contributed by atoms with Gasteiger partial charge in [-0.1, -0.05) is 25.3 Å². The fraction of sp³-hybridized carbons (Fsp3) is 0.727. The van der Waals surface area contributed by atoms with Crippen LogP contribution in [0.25, 0.3) is 0 Å². The smallest absolute Gasteiger partial charge is 0.317 e. The molecular formula is C22H34N4O. The van der Waals surface area contributed by atoms with Gasteiger partial charge in [0, 0.05) is 43.3 Å². The van der Waals surface area contributed by atoms with Crippen molar-refractivity contribution in [3.8, 4) is 0 Å². The van der Waals surface area contributed by atoms with Gasteiger partial charge in [0.05, 0.1) is 5.69 Å². The topological polar surface area (TPSA) is 48.5 Å². The molecule has 0 radical (unpaired) electrons. The Kier molecular flexibility index (Phi) is 5.67. The summed E-state index contributed by atoms with van der Waals surface area (Å²) in [6.07, 6.45) is 9.77. The van der Waals surface area contributed by atoms with Gasteiger partial charge in [-0.2, -0.15) is 0 Å². The number of hydrogen-bond donors (Lipinski definition) is 1. The Morgan fingerprint density at radius 2 is 2.00 bits per heavy atom. The van der Waals surface area contributed by atoms with Crippen molar-refractivity contribution in [1.29, 1.82) is 0 Å². The lowest BCUT2D eigenvalue weighted by molar-refractivity contribution is 0.0885. The van der Waals surface area contributed by atoms with Crippen LogP contribution in [0.4, 0.5) is 4.79 Å². The van der Waals surface area contributed by atoms with Gasteiger partial charge in [0.1, 0.15) is 0 Å². The minimum atomic E-state index is 0.177. The van der Waals surface area contributed by atoms with Crippen LogP contribution in [-0.2, 0) is 6.54 Å². The van der Waals surface area contributed by atoms with E-state index in [-0.39, 0.29) is 11.4 Å². The molecule has 0 unspecified atom stereocenters. The number of pyridine rings is 1. The minimum Gasteiger partial charge on any atom is -0.335 e. The van der Waals surface area contributed by atoms with E-state index in [0.717, 1.165) is 63.4 Å². The zero-order chi connectivity index (χ0) is 18.7. The van der Waals surface area contributed by atoms with E-state index < -0.39 is 0 Å². The van der Waals surface area contributed by atoms with E-state index in [0.29, 0.717) is 6.04 Å². The van der Waals surface area contributed by atoms with Crippen LogP contribution >= 0.6 is 0 Å². The quantitative estimate of drug-likeness (QED) is 0.882. The molecule has 27 heavy (non-hydrogen) atoms. The molecular weight excluding hydrogens is 336 g/mol. The number of aryl methyl sites for hydroxylation is 1. The Hall–Kier alpha value is -1.62. The van der Waals surface area contributed by atoms with Gasteiger partial charge in [-0.15, -0.1) is 0 Å². The lowest BCUT2D eigenvalue weighted by Gasteiger charge is -2.40. The largest absolute Gasteiger partial charge is 0.335 e. The number of nitrogens with zero attached hydrogens (tertiary/aromatic N) is 3. The number of carbonyl (C=O) groups is 1. The summed E-state index contributed by atoms with van der Waals surface area (Å²) in [5.74, 6) is 0. The standard InChI is InChI=1S/C22H34N4O/c1-18-7-5-10-20(23-18)15-25-13-6-11-22(16-25)12-14-26(17-22)21(27)24-19-8-3-2-4-9-19/h5,7,10,19H,2-4,6,8-9,11-17H2,1H3,(H,24,27)/t22-/m0/s1. The molecule has 5 nitrogen and oxygen atoms in total. The first-order valence-electron chi connectivity index (χ1n) is 10.8. The van der Waals surface area contributed by atoms with E-state index in [1.807, 2.05) is 0 Å². The SMILES string of the molecule is Cc1cccc(CN2CCC[C@]3(CCN(C(=O)NC4CCCCC4)C3)C2)n1. The number of piperidine rings is 1. The third kappa shape index (κ3) is 4.63. The van der Waals surface area contributed by atoms with E-state index in [2.05, 4.69) is 45.2 Å². The van der Waals surface area contributed by atoms with Crippen LogP contribution in [0.15, 0.2) is 18.2 Å². The molecule has 2 aliphatic heterocycles. The third-order valence-corrected chi connectivity index (χ3v) is 6.73. The van der Waals surface area contributed by atoms with Crippen molar-refractivity contribution in [3.05, 3.63) is 29.6 Å². The highest BCUT2D eigenvalue weighted by atomic mass is 16.2. The highest BCUT2D eigenvalue weighted by Crippen LogP contribution is 2.39. The maximum atomic E-state index is 12.7. The molecule has 148 valence electrons. The van der Waals surface area contributed by atoms with Gasteiger partial charge in [-0.3, -0.25) is 9.88 Å². The molecule has 1 aliphatic carbocycles. The molecule has 2 saturated heterocycles. The van der Waals surface area contributed by atoms with E-state index in [1.165, 1.54) is 32.1 Å². The van der Waals surface area contributed by atoms with Gasteiger partial charge >= 0.3 is 6.03 Å². The van der Waals surface area contributed by atoms with E-state index in [1.54, 1.807) is 0 Å². The Labute approximate surface area is 163 Å². The molecule has 1 spiro atoms. The van der Waals surface area contributed by atoms with Crippen LogP contribution in [0.2, 0.25) is 0 Å². The average Bonchev–Trinajstić information content (AvgIpc) is 3.06. The predicted molar refractivity (Wildman–Crippen MR) is 108 cm³/mol. The summed E-state index contributed by atoms with van der Waals surface area (Å²) in [7, 11) is 0. The van der Waals surface area contributed by atoms with E-state index >= 15 is 0 Å². The summed E-state index contributed by atoms with van der Waals surface area (Å²) in [4.78, 5) is 22.1. The molecule has 5 heteroatoms. The van der Waals surface area contributed by atoms with Crippen molar-refractivity contribution in [1.82, 2.24) is 20.1 Å². The summed E-state index contributed by atoms with van der Waals surface area (Å²) in [6, 6.07) is 6.87. The number of hydrogen-bond acceptors (Lipinski definition) is 3. The summed E-state index contributed by atoms with van der Waals surface area (Å²) in [5.41, 5.74) is 2.54. The molecule has 1 N–H and O–H groups in total. The second-order valence-corrected chi connectivity index (χ2v) is 9.04.